The lowest BCUT2D eigenvalue weighted by Gasteiger charge is -2.27. The van der Waals surface area contributed by atoms with Gasteiger partial charge in [0.15, 0.2) is 0 Å². The van der Waals surface area contributed by atoms with Crippen molar-refractivity contribution in [3.63, 3.8) is 0 Å². The molecular weight excluding hydrogens is 483 g/mol. The van der Waals surface area contributed by atoms with Gasteiger partial charge in [0.1, 0.15) is 5.82 Å². The lowest BCUT2D eigenvalue weighted by atomic mass is 9.87. The fraction of sp³-hybridized carbons (Fsp3) is 0.296. The Kier molecular flexibility index (Phi) is 8.64. The summed E-state index contributed by atoms with van der Waals surface area (Å²) >= 11 is 1.51. The van der Waals surface area contributed by atoms with Gasteiger partial charge in [-0.25, -0.2) is 12.8 Å². The van der Waals surface area contributed by atoms with Gasteiger partial charge in [-0.1, -0.05) is 57.2 Å². The normalized spacial score (nSPS) is 12.0. The van der Waals surface area contributed by atoms with Crippen LogP contribution in [0.15, 0.2) is 83.6 Å². The van der Waals surface area contributed by atoms with E-state index in [1.54, 1.807) is 41.3 Å². The minimum atomic E-state index is -3.93. The van der Waals surface area contributed by atoms with Gasteiger partial charge in [-0.2, -0.15) is 4.31 Å². The van der Waals surface area contributed by atoms with E-state index in [0.29, 0.717) is 6.54 Å². The maximum Gasteiger partial charge on any atom is 0.243 e. The summed E-state index contributed by atoms with van der Waals surface area (Å²) in [5, 5.41) is 1.92. The minimum absolute atomic E-state index is 0.00150. The number of rotatable bonds is 10. The molecule has 8 heteroatoms. The van der Waals surface area contributed by atoms with Crippen LogP contribution in [0, 0.1) is 5.82 Å². The van der Waals surface area contributed by atoms with Crippen LogP contribution >= 0.6 is 11.3 Å². The maximum absolute atomic E-state index is 13.4. The quantitative estimate of drug-likeness (QED) is 0.332. The summed E-state index contributed by atoms with van der Waals surface area (Å²) in [5.41, 5.74) is 1.67. The second-order valence-corrected chi connectivity index (χ2v) is 12.3. The van der Waals surface area contributed by atoms with Gasteiger partial charge >= 0.3 is 0 Å². The average molecular weight is 515 g/mol. The van der Waals surface area contributed by atoms with Gasteiger partial charge in [0.2, 0.25) is 15.9 Å². The number of nitrogens with zero attached hydrogens (tertiary/aromatic N) is 2. The van der Waals surface area contributed by atoms with Gasteiger partial charge in [-0.3, -0.25) is 4.79 Å². The van der Waals surface area contributed by atoms with E-state index in [9.17, 15) is 17.6 Å². The third-order valence-electron chi connectivity index (χ3n) is 5.57. The number of carbonyl (C=O) groups is 1. The van der Waals surface area contributed by atoms with Gasteiger partial charge in [0, 0.05) is 18.0 Å². The van der Waals surface area contributed by atoms with Crippen LogP contribution in [0.4, 0.5) is 4.39 Å². The van der Waals surface area contributed by atoms with E-state index in [0.717, 1.165) is 20.3 Å². The Morgan fingerprint density at radius 1 is 1.03 bits per heavy atom. The van der Waals surface area contributed by atoms with E-state index in [-0.39, 0.29) is 41.7 Å². The van der Waals surface area contributed by atoms with Gasteiger partial charge in [-0.05, 0) is 52.3 Å². The number of thiophene rings is 1. The molecule has 0 aliphatic rings. The zero-order chi connectivity index (χ0) is 25.6. The van der Waals surface area contributed by atoms with Crippen molar-refractivity contribution in [2.45, 2.75) is 44.2 Å². The Hall–Kier alpha value is -2.81. The lowest BCUT2D eigenvalue weighted by molar-refractivity contribution is -0.132. The number of benzene rings is 2. The summed E-state index contributed by atoms with van der Waals surface area (Å²) in [7, 11) is -3.93. The molecule has 35 heavy (non-hydrogen) atoms. The topological polar surface area (TPSA) is 57.7 Å². The van der Waals surface area contributed by atoms with Gasteiger partial charge < -0.3 is 4.90 Å². The highest BCUT2D eigenvalue weighted by atomic mass is 32.2. The van der Waals surface area contributed by atoms with E-state index in [1.807, 2.05) is 17.5 Å². The molecule has 0 spiro atoms. The number of sulfonamides is 1. The molecule has 0 saturated carbocycles. The molecule has 3 aromatic rings. The van der Waals surface area contributed by atoms with E-state index < -0.39 is 10.0 Å². The number of halogens is 1. The molecule has 0 saturated heterocycles. The van der Waals surface area contributed by atoms with E-state index in [1.165, 1.54) is 29.5 Å². The largest absolute Gasteiger partial charge is 0.332 e. The monoisotopic (exact) mass is 514 g/mol. The number of hydrogen-bond donors (Lipinski definition) is 0. The van der Waals surface area contributed by atoms with Crippen LogP contribution in [0.3, 0.4) is 0 Å². The smallest absolute Gasteiger partial charge is 0.243 e. The van der Waals surface area contributed by atoms with Crippen LogP contribution in [-0.4, -0.2) is 36.6 Å². The molecule has 1 aromatic heterocycles. The molecule has 0 unspecified atom stereocenters. The highest BCUT2D eigenvalue weighted by Crippen LogP contribution is 2.25. The first kappa shape index (κ1) is 26.8. The first-order valence-corrected chi connectivity index (χ1v) is 13.6. The van der Waals surface area contributed by atoms with Crippen molar-refractivity contribution in [2.24, 2.45) is 0 Å². The van der Waals surface area contributed by atoms with Crippen LogP contribution in [0.5, 0.6) is 0 Å². The Bertz CT molecular complexity index is 1230. The Balaban J connectivity index is 1.85. The average Bonchev–Trinajstić information content (AvgIpc) is 3.32. The number of carbonyl (C=O) groups excluding carboxylic acids is 1. The fourth-order valence-electron chi connectivity index (χ4n) is 3.55. The molecule has 1 heterocycles. The van der Waals surface area contributed by atoms with Crippen molar-refractivity contribution in [3.8, 4) is 0 Å². The first-order chi connectivity index (χ1) is 16.5. The molecule has 0 radical (unpaired) electrons. The summed E-state index contributed by atoms with van der Waals surface area (Å²) in [6.07, 6.45) is 1.47. The molecule has 0 aliphatic heterocycles. The van der Waals surface area contributed by atoms with Gasteiger partial charge in [0.05, 0.1) is 18.0 Å². The molecule has 186 valence electrons. The highest BCUT2D eigenvalue weighted by Gasteiger charge is 2.28. The van der Waals surface area contributed by atoms with Crippen LogP contribution < -0.4 is 0 Å². The molecule has 0 N–H and O–H groups in total. The number of hydrogen-bond acceptors (Lipinski definition) is 4. The summed E-state index contributed by atoms with van der Waals surface area (Å²) in [6, 6.07) is 16.5. The van der Waals surface area contributed by atoms with Crippen LogP contribution in [-0.2, 0) is 33.3 Å². The van der Waals surface area contributed by atoms with Crippen molar-refractivity contribution in [2.75, 3.05) is 13.1 Å². The predicted octanol–water partition coefficient (Wildman–Crippen LogP) is 5.59. The van der Waals surface area contributed by atoms with Gasteiger partial charge in [-0.15, -0.1) is 17.9 Å². The highest BCUT2D eigenvalue weighted by molar-refractivity contribution is 7.89. The number of amides is 1. The molecular formula is C27H31FN2O3S2. The molecule has 0 atom stereocenters. The second kappa shape index (κ2) is 11.3. The molecule has 1 amide bonds. The van der Waals surface area contributed by atoms with Gasteiger partial charge in [0.25, 0.3) is 0 Å². The van der Waals surface area contributed by atoms with E-state index in [4.69, 9.17) is 0 Å². The zero-order valence-corrected chi connectivity index (χ0v) is 21.9. The standard InChI is InChI=1S/C27H31FN2O3S2/c1-5-16-30(35(32,33)25-14-10-22(11-15-25)27(2,3)4)20-26(31)29(19-24-7-6-17-34-24)18-21-8-12-23(28)13-9-21/h5-15,17H,1,16,18-20H2,2-4H3. The first-order valence-electron chi connectivity index (χ1n) is 11.3. The SMILES string of the molecule is C=CCN(CC(=O)N(Cc1ccc(F)cc1)Cc1cccs1)S(=O)(=O)c1ccc(C(C)(C)C)cc1. The summed E-state index contributed by atoms with van der Waals surface area (Å²) in [5.74, 6) is -0.704. The predicted molar refractivity (Wildman–Crippen MR) is 139 cm³/mol. The van der Waals surface area contributed by atoms with Crippen molar-refractivity contribution in [1.82, 2.24) is 9.21 Å². The molecule has 0 bridgehead atoms. The van der Waals surface area contributed by atoms with Crippen molar-refractivity contribution in [3.05, 3.63) is 101 Å². The van der Waals surface area contributed by atoms with E-state index in [2.05, 4.69) is 27.4 Å². The minimum Gasteiger partial charge on any atom is -0.332 e. The van der Waals surface area contributed by atoms with Crippen molar-refractivity contribution in [1.29, 1.82) is 0 Å². The molecule has 0 fully saturated rings. The molecule has 3 rings (SSSR count). The Morgan fingerprint density at radius 3 is 2.23 bits per heavy atom. The molecule has 2 aromatic carbocycles. The molecule has 5 nitrogen and oxygen atoms in total. The fourth-order valence-corrected chi connectivity index (χ4v) is 5.63. The van der Waals surface area contributed by atoms with Crippen molar-refractivity contribution >= 4 is 27.3 Å². The van der Waals surface area contributed by atoms with E-state index >= 15 is 0 Å². The summed E-state index contributed by atoms with van der Waals surface area (Å²) in [6.45, 7) is 10.1. The third kappa shape index (κ3) is 7.10. The summed E-state index contributed by atoms with van der Waals surface area (Å²) in [4.78, 5) is 16.1. The van der Waals surface area contributed by atoms with Crippen LogP contribution in [0.1, 0.15) is 36.8 Å². The lowest BCUT2D eigenvalue weighted by Crippen LogP contribution is -2.42. The Labute approximate surface area is 211 Å². The molecule has 0 aliphatic carbocycles. The zero-order valence-electron chi connectivity index (χ0n) is 20.3. The maximum atomic E-state index is 13.4. The van der Waals surface area contributed by atoms with Crippen LogP contribution in [0.25, 0.3) is 0 Å². The Morgan fingerprint density at radius 2 is 1.69 bits per heavy atom. The second-order valence-electron chi connectivity index (χ2n) is 9.32. The van der Waals surface area contributed by atoms with Crippen LogP contribution in [0.2, 0.25) is 0 Å². The van der Waals surface area contributed by atoms with Crippen molar-refractivity contribution < 1.29 is 17.6 Å². The summed E-state index contributed by atoms with van der Waals surface area (Å²) < 4.78 is 41.3. The third-order valence-corrected chi connectivity index (χ3v) is 8.26.